The van der Waals surface area contributed by atoms with E-state index in [1.807, 2.05) is 29.6 Å². The number of imidazole rings is 1. The number of thiophene rings is 1. The summed E-state index contributed by atoms with van der Waals surface area (Å²) < 4.78 is 4.99. The molecule has 0 bridgehead atoms. The number of H-pyrrole nitrogens is 1. The van der Waals surface area contributed by atoms with Gasteiger partial charge in [-0.3, -0.25) is 4.79 Å². The van der Waals surface area contributed by atoms with E-state index in [0.29, 0.717) is 16.9 Å². The molecule has 29 heavy (non-hydrogen) atoms. The largest absolute Gasteiger partial charge is 0.462 e. The number of aromatic amines is 1. The summed E-state index contributed by atoms with van der Waals surface area (Å²) >= 11 is 1.61. The standard InChI is InChI=1S/C21H18N4O3S/c1-3-28-21(27)14-7-9-16(22-12(14)2)20(26)23-13-6-8-15-17(11-13)25-19(24-15)18-5-4-10-29-18/h4-11H,3H2,1-2H3,(H,23,26)(H,24,25). The quantitative estimate of drug-likeness (QED) is 0.478. The maximum absolute atomic E-state index is 12.6. The summed E-state index contributed by atoms with van der Waals surface area (Å²) in [7, 11) is 0. The number of nitrogens with zero attached hydrogens (tertiary/aromatic N) is 2. The zero-order chi connectivity index (χ0) is 20.4. The smallest absolute Gasteiger partial charge is 0.339 e. The van der Waals surface area contributed by atoms with Crippen molar-refractivity contribution < 1.29 is 14.3 Å². The summed E-state index contributed by atoms with van der Waals surface area (Å²) in [4.78, 5) is 37.6. The number of esters is 1. The Balaban J connectivity index is 1.54. The van der Waals surface area contributed by atoms with E-state index in [1.54, 1.807) is 37.3 Å². The van der Waals surface area contributed by atoms with Crippen LogP contribution in [0.15, 0.2) is 47.8 Å². The second-order valence-corrected chi connectivity index (χ2v) is 7.25. The summed E-state index contributed by atoms with van der Waals surface area (Å²) in [5.41, 5.74) is 3.29. The van der Waals surface area contributed by atoms with Crippen molar-refractivity contribution in [1.82, 2.24) is 15.0 Å². The Kier molecular flexibility index (Phi) is 5.09. The molecule has 0 fully saturated rings. The summed E-state index contributed by atoms with van der Waals surface area (Å²) in [5, 5.41) is 4.83. The number of rotatable bonds is 5. The third-order valence-corrected chi connectivity index (χ3v) is 5.18. The molecule has 0 atom stereocenters. The number of nitrogens with one attached hydrogen (secondary N) is 2. The van der Waals surface area contributed by atoms with Gasteiger partial charge in [-0.2, -0.15) is 0 Å². The van der Waals surface area contributed by atoms with Gasteiger partial charge in [0.1, 0.15) is 11.5 Å². The lowest BCUT2D eigenvalue weighted by Crippen LogP contribution is -2.16. The molecule has 0 unspecified atom stereocenters. The van der Waals surface area contributed by atoms with Crippen LogP contribution in [0.2, 0.25) is 0 Å². The first-order chi connectivity index (χ1) is 14.0. The Hall–Kier alpha value is -3.52. The maximum atomic E-state index is 12.6. The van der Waals surface area contributed by atoms with E-state index in [1.165, 1.54) is 6.07 Å². The van der Waals surface area contributed by atoms with Crippen LogP contribution in [0, 0.1) is 6.92 Å². The number of carbonyl (C=O) groups is 2. The molecule has 1 amide bonds. The fourth-order valence-electron chi connectivity index (χ4n) is 2.92. The number of hydrogen-bond donors (Lipinski definition) is 2. The van der Waals surface area contributed by atoms with Crippen molar-refractivity contribution in [3.63, 3.8) is 0 Å². The molecule has 146 valence electrons. The van der Waals surface area contributed by atoms with Crippen LogP contribution in [0.5, 0.6) is 0 Å². The van der Waals surface area contributed by atoms with Crippen molar-refractivity contribution in [3.8, 4) is 10.7 Å². The third-order valence-electron chi connectivity index (χ3n) is 4.31. The minimum absolute atomic E-state index is 0.222. The second kappa shape index (κ2) is 7.84. The molecule has 0 aliphatic rings. The molecule has 0 spiro atoms. The highest BCUT2D eigenvalue weighted by Gasteiger charge is 2.15. The molecule has 7 nitrogen and oxygen atoms in total. The molecule has 2 N–H and O–H groups in total. The van der Waals surface area contributed by atoms with Gasteiger partial charge in [-0.1, -0.05) is 6.07 Å². The third kappa shape index (κ3) is 3.88. The van der Waals surface area contributed by atoms with Crippen LogP contribution in [0.1, 0.15) is 33.5 Å². The van der Waals surface area contributed by atoms with Gasteiger partial charge >= 0.3 is 5.97 Å². The summed E-state index contributed by atoms with van der Waals surface area (Å²) in [5.74, 6) is -0.0122. The predicted octanol–water partition coefficient (Wildman–Crippen LogP) is 4.42. The topological polar surface area (TPSA) is 97.0 Å². The van der Waals surface area contributed by atoms with Crippen LogP contribution in [0.4, 0.5) is 5.69 Å². The molecule has 4 aromatic rings. The SMILES string of the molecule is CCOC(=O)c1ccc(C(=O)Nc2ccc3nc(-c4cccs4)[nH]c3c2)nc1C. The number of pyridine rings is 1. The van der Waals surface area contributed by atoms with Crippen molar-refractivity contribution in [1.29, 1.82) is 0 Å². The van der Waals surface area contributed by atoms with E-state index < -0.39 is 5.97 Å². The molecule has 4 rings (SSSR count). The first-order valence-corrected chi connectivity index (χ1v) is 9.93. The van der Waals surface area contributed by atoms with Gasteiger partial charge in [-0.15, -0.1) is 11.3 Å². The fourth-order valence-corrected chi connectivity index (χ4v) is 3.59. The Bertz CT molecular complexity index is 1200. The molecule has 0 radical (unpaired) electrons. The van der Waals surface area contributed by atoms with Crippen LogP contribution in [-0.2, 0) is 4.74 Å². The van der Waals surface area contributed by atoms with Crippen molar-refractivity contribution in [3.05, 3.63) is 64.8 Å². The zero-order valence-corrected chi connectivity index (χ0v) is 16.7. The Morgan fingerprint density at radius 2 is 2.03 bits per heavy atom. The lowest BCUT2D eigenvalue weighted by Gasteiger charge is -2.08. The molecular formula is C21H18N4O3S. The average molecular weight is 406 g/mol. The van der Waals surface area contributed by atoms with Gasteiger partial charge in [-0.05, 0) is 55.6 Å². The van der Waals surface area contributed by atoms with Crippen LogP contribution in [0.25, 0.3) is 21.7 Å². The molecule has 0 aliphatic heterocycles. The van der Waals surface area contributed by atoms with E-state index in [-0.39, 0.29) is 18.2 Å². The minimum Gasteiger partial charge on any atom is -0.462 e. The molecule has 8 heteroatoms. The van der Waals surface area contributed by atoms with E-state index in [9.17, 15) is 9.59 Å². The molecule has 0 aliphatic carbocycles. The van der Waals surface area contributed by atoms with Crippen molar-refractivity contribution in [2.45, 2.75) is 13.8 Å². The summed E-state index contributed by atoms with van der Waals surface area (Å²) in [6.45, 7) is 3.69. The highest BCUT2D eigenvalue weighted by Crippen LogP contribution is 2.26. The molecule has 3 aromatic heterocycles. The molecular weight excluding hydrogens is 388 g/mol. The Morgan fingerprint density at radius 3 is 2.76 bits per heavy atom. The van der Waals surface area contributed by atoms with E-state index in [2.05, 4.69) is 20.3 Å². The number of hydrogen-bond acceptors (Lipinski definition) is 6. The van der Waals surface area contributed by atoms with E-state index in [0.717, 1.165) is 21.7 Å². The summed E-state index contributed by atoms with van der Waals surface area (Å²) in [6.07, 6.45) is 0. The van der Waals surface area contributed by atoms with Gasteiger partial charge in [-0.25, -0.2) is 14.8 Å². The predicted molar refractivity (Wildman–Crippen MR) is 112 cm³/mol. The number of ether oxygens (including phenoxy) is 1. The maximum Gasteiger partial charge on any atom is 0.339 e. The highest BCUT2D eigenvalue weighted by molar-refractivity contribution is 7.13. The number of aryl methyl sites for hydroxylation is 1. The average Bonchev–Trinajstić information content (AvgIpc) is 3.37. The highest BCUT2D eigenvalue weighted by atomic mass is 32.1. The number of fused-ring (bicyclic) bond motifs is 1. The van der Waals surface area contributed by atoms with Crippen LogP contribution < -0.4 is 5.32 Å². The normalized spacial score (nSPS) is 10.8. The van der Waals surface area contributed by atoms with Crippen molar-refractivity contribution in [2.24, 2.45) is 0 Å². The molecule has 3 heterocycles. The molecule has 0 saturated carbocycles. The zero-order valence-electron chi connectivity index (χ0n) is 15.9. The van der Waals surface area contributed by atoms with Crippen LogP contribution in [0.3, 0.4) is 0 Å². The summed E-state index contributed by atoms with van der Waals surface area (Å²) in [6, 6.07) is 12.5. The van der Waals surface area contributed by atoms with E-state index in [4.69, 9.17) is 4.74 Å². The van der Waals surface area contributed by atoms with Gasteiger partial charge in [0.2, 0.25) is 0 Å². The fraction of sp³-hybridized carbons (Fsp3) is 0.143. The monoisotopic (exact) mass is 406 g/mol. The first-order valence-electron chi connectivity index (χ1n) is 9.05. The lowest BCUT2D eigenvalue weighted by atomic mass is 10.2. The Labute approximate surface area is 170 Å². The minimum atomic E-state index is -0.448. The van der Waals surface area contributed by atoms with Crippen LogP contribution in [-0.4, -0.2) is 33.4 Å². The first kappa shape index (κ1) is 18.8. The van der Waals surface area contributed by atoms with Gasteiger partial charge in [0.05, 0.1) is 33.8 Å². The van der Waals surface area contributed by atoms with E-state index >= 15 is 0 Å². The van der Waals surface area contributed by atoms with Gasteiger partial charge in [0.25, 0.3) is 5.91 Å². The second-order valence-electron chi connectivity index (χ2n) is 6.30. The number of benzene rings is 1. The van der Waals surface area contributed by atoms with Gasteiger partial charge in [0.15, 0.2) is 0 Å². The van der Waals surface area contributed by atoms with Gasteiger partial charge in [0, 0.05) is 5.69 Å². The number of anilines is 1. The Morgan fingerprint density at radius 1 is 1.17 bits per heavy atom. The molecule has 1 aromatic carbocycles. The number of aromatic nitrogens is 3. The lowest BCUT2D eigenvalue weighted by molar-refractivity contribution is 0.0524. The van der Waals surface area contributed by atoms with Crippen molar-refractivity contribution in [2.75, 3.05) is 11.9 Å². The molecule has 0 saturated heterocycles. The number of amides is 1. The van der Waals surface area contributed by atoms with Gasteiger partial charge < -0.3 is 15.0 Å². The van der Waals surface area contributed by atoms with Crippen LogP contribution >= 0.6 is 11.3 Å². The number of carbonyl (C=O) groups excluding carboxylic acids is 2. The van der Waals surface area contributed by atoms with Crippen molar-refractivity contribution >= 4 is 39.9 Å².